The molecule has 0 spiro atoms. The van der Waals surface area contributed by atoms with E-state index in [4.69, 9.17) is 4.74 Å². The van der Waals surface area contributed by atoms with Gasteiger partial charge in [-0.25, -0.2) is 0 Å². The highest BCUT2D eigenvalue weighted by atomic mass is 16.6. The van der Waals surface area contributed by atoms with Crippen LogP contribution in [-0.4, -0.2) is 11.4 Å². The quantitative estimate of drug-likeness (QED) is 0.621. The average molecular weight is 318 g/mol. The van der Waals surface area contributed by atoms with Gasteiger partial charge in [0.1, 0.15) is 5.75 Å². The number of para-hydroxylation sites is 1. The standard InChI is InChI=1S/C22H22O2/c23-22(24-20-14-8-3-9-15-20)17-16-21(18-10-4-1-5-11-18)19-12-6-2-7-13-19/h1-15,21-23H,16-17H2. The number of rotatable bonds is 7. The Morgan fingerprint density at radius 3 is 1.58 bits per heavy atom. The van der Waals surface area contributed by atoms with Gasteiger partial charge in [0.05, 0.1) is 0 Å². The van der Waals surface area contributed by atoms with Crippen molar-refractivity contribution in [1.29, 1.82) is 0 Å². The molecule has 0 saturated heterocycles. The molecule has 3 aromatic rings. The van der Waals surface area contributed by atoms with Crippen molar-refractivity contribution < 1.29 is 9.84 Å². The van der Waals surface area contributed by atoms with Gasteiger partial charge < -0.3 is 9.84 Å². The maximum atomic E-state index is 10.2. The molecule has 0 aliphatic rings. The molecule has 2 heteroatoms. The number of aliphatic hydroxyl groups excluding tert-OH is 1. The van der Waals surface area contributed by atoms with Crippen molar-refractivity contribution in [3.05, 3.63) is 102 Å². The maximum Gasteiger partial charge on any atom is 0.197 e. The van der Waals surface area contributed by atoms with E-state index in [1.54, 1.807) is 0 Å². The van der Waals surface area contributed by atoms with Gasteiger partial charge in [0.2, 0.25) is 0 Å². The van der Waals surface area contributed by atoms with Crippen LogP contribution in [0.3, 0.4) is 0 Å². The molecule has 1 atom stereocenters. The molecule has 0 radical (unpaired) electrons. The number of hydrogen-bond donors (Lipinski definition) is 1. The fourth-order valence-corrected chi connectivity index (χ4v) is 2.92. The minimum absolute atomic E-state index is 0.251. The summed E-state index contributed by atoms with van der Waals surface area (Å²) in [5.41, 5.74) is 2.52. The van der Waals surface area contributed by atoms with Crippen LogP contribution in [0.1, 0.15) is 29.9 Å². The Hall–Kier alpha value is -2.58. The second-order valence-electron chi connectivity index (χ2n) is 5.84. The Labute approximate surface area is 143 Å². The molecule has 1 N–H and O–H groups in total. The smallest absolute Gasteiger partial charge is 0.197 e. The molecule has 24 heavy (non-hydrogen) atoms. The minimum Gasteiger partial charge on any atom is -0.465 e. The minimum atomic E-state index is -0.803. The summed E-state index contributed by atoms with van der Waals surface area (Å²) in [6.45, 7) is 0. The summed E-state index contributed by atoms with van der Waals surface area (Å²) < 4.78 is 5.59. The molecule has 0 heterocycles. The summed E-state index contributed by atoms with van der Waals surface area (Å²) in [6, 6.07) is 30.3. The summed E-state index contributed by atoms with van der Waals surface area (Å²) >= 11 is 0. The number of aliphatic hydroxyl groups is 1. The van der Waals surface area contributed by atoms with Crippen LogP contribution >= 0.6 is 0 Å². The fourth-order valence-electron chi connectivity index (χ4n) is 2.92. The molecule has 122 valence electrons. The van der Waals surface area contributed by atoms with E-state index in [9.17, 15) is 5.11 Å². The third-order valence-corrected chi connectivity index (χ3v) is 4.12. The Kier molecular flexibility index (Phi) is 5.65. The largest absolute Gasteiger partial charge is 0.465 e. The van der Waals surface area contributed by atoms with Crippen LogP contribution < -0.4 is 4.74 Å². The molecule has 0 aliphatic heterocycles. The SMILES string of the molecule is OC(CCC(c1ccccc1)c1ccccc1)Oc1ccccc1. The van der Waals surface area contributed by atoms with Crippen LogP contribution in [0.25, 0.3) is 0 Å². The lowest BCUT2D eigenvalue weighted by Crippen LogP contribution is -2.17. The highest BCUT2D eigenvalue weighted by Gasteiger charge is 2.16. The normalized spacial score (nSPS) is 12.1. The fraction of sp³-hybridized carbons (Fsp3) is 0.182. The highest BCUT2D eigenvalue weighted by Crippen LogP contribution is 2.29. The predicted octanol–water partition coefficient (Wildman–Crippen LogP) is 5.00. The zero-order chi connectivity index (χ0) is 16.6. The Morgan fingerprint density at radius 1 is 0.625 bits per heavy atom. The molecule has 0 saturated carbocycles. The number of ether oxygens (including phenoxy) is 1. The Morgan fingerprint density at radius 2 is 1.08 bits per heavy atom. The van der Waals surface area contributed by atoms with E-state index in [1.807, 2.05) is 42.5 Å². The van der Waals surface area contributed by atoms with Crippen molar-refractivity contribution in [3.8, 4) is 5.75 Å². The zero-order valence-electron chi connectivity index (χ0n) is 13.6. The molecule has 0 aliphatic carbocycles. The summed E-state index contributed by atoms with van der Waals surface area (Å²) in [6.07, 6.45) is 0.591. The van der Waals surface area contributed by atoms with Crippen LogP contribution in [0.15, 0.2) is 91.0 Å². The van der Waals surface area contributed by atoms with Gasteiger partial charge >= 0.3 is 0 Å². The molecule has 3 aromatic carbocycles. The summed E-state index contributed by atoms with van der Waals surface area (Å²) in [7, 11) is 0. The summed E-state index contributed by atoms with van der Waals surface area (Å²) in [5.74, 6) is 0.947. The predicted molar refractivity (Wildman–Crippen MR) is 97.0 cm³/mol. The zero-order valence-corrected chi connectivity index (χ0v) is 13.6. The summed E-state index contributed by atoms with van der Waals surface area (Å²) in [5, 5.41) is 10.2. The van der Waals surface area contributed by atoms with Gasteiger partial charge in [-0.3, -0.25) is 0 Å². The van der Waals surface area contributed by atoms with Crippen molar-refractivity contribution in [2.45, 2.75) is 25.0 Å². The van der Waals surface area contributed by atoms with Gasteiger partial charge in [-0.15, -0.1) is 0 Å². The van der Waals surface area contributed by atoms with Crippen molar-refractivity contribution in [2.75, 3.05) is 0 Å². The molecule has 3 rings (SSSR count). The van der Waals surface area contributed by atoms with Crippen LogP contribution in [0.5, 0.6) is 5.75 Å². The van der Waals surface area contributed by atoms with Gasteiger partial charge in [-0.1, -0.05) is 78.9 Å². The number of hydrogen-bond acceptors (Lipinski definition) is 2. The monoisotopic (exact) mass is 318 g/mol. The average Bonchev–Trinajstić information content (AvgIpc) is 2.64. The Balaban J connectivity index is 1.68. The molecule has 1 unspecified atom stereocenters. The van der Waals surface area contributed by atoms with E-state index in [1.165, 1.54) is 11.1 Å². The lowest BCUT2D eigenvalue weighted by atomic mass is 9.87. The van der Waals surface area contributed by atoms with Crippen LogP contribution in [0.4, 0.5) is 0 Å². The van der Waals surface area contributed by atoms with E-state index < -0.39 is 6.29 Å². The molecule has 2 nitrogen and oxygen atoms in total. The highest BCUT2D eigenvalue weighted by molar-refractivity contribution is 5.32. The molecular weight excluding hydrogens is 296 g/mol. The third-order valence-electron chi connectivity index (χ3n) is 4.12. The topological polar surface area (TPSA) is 29.5 Å². The van der Waals surface area contributed by atoms with E-state index >= 15 is 0 Å². The molecule has 0 amide bonds. The van der Waals surface area contributed by atoms with Gasteiger partial charge in [0.25, 0.3) is 0 Å². The first-order valence-electron chi connectivity index (χ1n) is 8.32. The number of benzene rings is 3. The third kappa shape index (κ3) is 4.46. The first kappa shape index (κ1) is 16.3. The second kappa shape index (κ2) is 8.32. The van der Waals surface area contributed by atoms with Crippen molar-refractivity contribution in [1.82, 2.24) is 0 Å². The molecule has 0 bridgehead atoms. The van der Waals surface area contributed by atoms with Crippen molar-refractivity contribution in [2.24, 2.45) is 0 Å². The van der Waals surface area contributed by atoms with E-state index in [0.29, 0.717) is 12.2 Å². The molecular formula is C22H22O2. The van der Waals surface area contributed by atoms with Gasteiger partial charge in [0.15, 0.2) is 6.29 Å². The van der Waals surface area contributed by atoms with Crippen LogP contribution in [-0.2, 0) is 0 Å². The first-order chi connectivity index (χ1) is 11.8. The lowest BCUT2D eigenvalue weighted by molar-refractivity contribution is -0.0248. The molecule has 0 fully saturated rings. The summed E-state index contributed by atoms with van der Waals surface area (Å²) in [4.78, 5) is 0. The Bertz CT molecular complexity index is 671. The van der Waals surface area contributed by atoms with Crippen LogP contribution in [0, 0.1) is 0 Å². The maximum absolute atomic E-state index is 10.2. The van der Waals surface area contributed by atoms with Gasteiger partial charge in [-0.05, 0) is 29.7 Å². The first-order valence-corrected chi connectivity index (χ1v) is 8.32. The van der Waals surface area contributed by atoms with Crippen molar-refractivity contribution in [3.63, 3.8) is 0 Å². The van der Waals surface area contributed by atoms with Crippen LogP contribution in [0.2, 0.25) is 0 Å². The van der Waals surface area contributed by atoms with Crippen molar-refractivity contribution >= 4 is 0 Å². The van der Waals surface area contributed by atoms with E-state index in [-0.39, 0.29) is 5.92 Å². The van der Waals surface area contributed by atoms with Gasteiger partial charge in [0, 0.05) is 12.3 Å². The van der Waals surface area contributed by atoms with E-state index in [0.717, 1.165) is 6.42 Å². The second-order valence-corrected chi connectivity index (χ2v) is 5.84. The molecule has 0 aromatic heterocycles. The van der Waals surface area contributed by atoms with Gasteiger partial charge in [-0.2, -0.15) is 0 Å². The van der Waals surface area contributed by atoms with E-state index in [2.05, 4.69) is 48.5 Å². The lowest BCUT2D eigenvalue weighted by Gasteiger charge is -2.20.